The summed E-state index contributed by atoms with van der Waals surface area (Å²) in [4.78, 5) is 0. The minimum atomic E-state index is 0.403. The van der Waals surface area contributed by atoms with Gasteiger partial charge in [0, 0.05) is 5.02 Å². The number of nitrogens with zero attached hydrogens (tertiary/aromatic N) is 2. The van der Waals surface area contributed by atoms with Gasteiger partial charge in [0.2, 0.25) is 5.04 Å². The molecule has 1 aromatic rings. The Kier molecular flexibility index (Phi) is 3.69. The third-order valence-electron chi connectivity index (χ3n) is 3.48. The summed E-state index contributed by atoms with van der Waals surface area (Å²) in [6.07, 6.45) is 2.14. The number of benzene rings is 1. The van der Waals surface area contributed by atoms with Crippen LogP contribution in [0.3, 0.4) is 0 Å². The normalized spacial score (nSPS) is 24.6. The van der Waals surface area contributed by atoms with Crippen LogP contribution in [0.5, 0.6) is 0 Å². The molecule has 0 amide bonds. The number of hydrazine groups is 1. The molecule has 0 radical (unpaired) electrons. The van der Waals surface area contributed by atoms with E-state index in [-0.39, 0.29) is 0 Å². The Morgan fingerprint density at radius 1 is 1.29 bits per heavy atom. The van der Waals surface area contributed by atoms with Crippen LogP contribution in [-0.4, -0.2) is 35.1 Å². The van der Waals surface area contributed by atoms with Crippen LogP contribution in [0.4, 0.5) is 0 Å². The van der Waals surface area contributed by atoms with Gasteiger partial charge in [-0.25, -0.2) is 0 Å². The van der Waals surface area contributed by atoms with Crippen molar-refractivity contribution in [1.82, 2.24) is 5.01 Å². The fourth-order valence-electron chi connectivity index (χ4n) is 2.58. The molecule has 1 aliphatic rings. The van der Waals surface area contributed by atoms with E-state index in [0.29, 0.717) is 12.0 Å². The zero-order valence-corrected chi connectivity index (χ0v) is 12.2. The first-order valence-corrected chi connectivity index (χ1v) is 7.29. The van der Waals surface area contributed by atoms with Gasteiger partial charge in [-0.3, -0.25) is 0 Å². The molecule has 17 heavy (non-hydrogen) atoms. The molecule has 1 aliphatic heterocycles. The molecule has 0 aromatic heterocycles. The molecule has 1 heterocycles. The second kappa shape index (κ2) is 4.91. The van der Waals surface area contributed by atoms with Crippen LogP contribution in [-0.2, 0) is 0 Å². The van der Waals surface area contributed by atoms with Crippen molar-refractivity contribution in [1.29, 1.82) is 0 Å². The highest BCUT2D eigenvalue weighted by atomic mass is 35.5. The summed E-state index contributed by atoms with van der Waals surface area (Å²) in [5, 5.41) is 4.50. The molecule has 0 aliphatic carbocycles. The standard InChI is InChI=1S/C13H18ClN2S/c1-9-12(10-5-7-11(14)8-6-10)15(2)16(3)13(9)17-4/h5-9,12H,1-4H3/q+1. The lowest BCUT2D eigenvalue weighted by Crippen LogP contribution is -2.27. The second-order valence-electron chi connectivity index (χ2n) is 4.42. The minimum Gasteiger partial charge on any atom is -0.180 e. The predicted octanol–water partition coefficient (Wildman–Crippen LogP) is 3.28. The summed E-state index contributed by atoms with van der Waals surface area (Å²) in [5.74, 6) is 0.515. The van der Waals surface area contributed by atoms with Crippen LogP contribution in [0.25, 0.3) is 0 Å². The van der Waals surface area contributed by atoms with Crippen LogP contribution < -0.4 is 0 Å². The van der Waals surface area contributed by atoms with Gasteiger partial charge in [0.05, 0.1) is 13.0 Å². The number of hydrogen-bond donors (Lipinski definition) is 0. The largest absolute Gasteiger partial charge is 0.244 e. The van der Waals surface area contributed by atoms with Crippen molar-refractivity contribution in [2.45, 2.75) is 13.0 Å². The average Bonchev–Trinajstić information content (AvgIpc) is 2.52. The summed E-state index contributed by atoms with van der Waals surface area (Å²) >= 11 is 7.77. The van der Waals surface area contributed by atoms with E-state index in [0.717, 1.165) is 5.02 Å². The molecule has 0 saturated heterocycles. The van der Waals surface area contributed by atoms with Gasteiger partial charge in [-0.05, 0) is 30.9 Å². The molecule has 0 spiro atoms. The van der Waals surface area contributed by atoms with E-state index < -0.39 is 0 Å². The van der Waals surface area contributed by atoms with Crippen LogP contribution in [0.15, 0.2) is 24.3 Å². The van der Waals surface area contributed by atoms with Crippen molar-refractivity contribution in [2.24, 2.45) is 5.92 Å². The Hall–Kier alpha value is -0.670. The fourth-order valence-corrected chi connectivity index (χ4v) is 3.60. The lowest BCUT2D eigenvalue weighted by Gasteiger charge is -2.20. The van der Waals surface area contributed by atoms with Crippen molar-refractivity contribution >= 4 is 28.4 Å². The maximum Gasteiger partial charge on any atom is 0.244 e. The van der Waals surface area contributed by atoms with E-state index in [9.17, 15) is 0 Å². The molecule has 0 saturated carbocycles. The SMILES string of the molecule is CSC1=[N+](C)N(C)C(c2ccc(Cl)cc2)C1C. The summed E-state index contributed by atoms with van der Waals surface area (Å²) < 4.78 is 2.24. The monoisotopic (exact) mass is 269 g/mol. The maximum atomic E-state index is 5.94. The van der Waals surface area contributed by atoms with E-state index >= 15 is 0 Å². The molecular formula is C13H18ClN2S+. The van der Waals surface area contributed by atoms with E-state index in [1.165, 1.54) is 10.6 Å². The Labute approximate surface area is 112 Å². The zero-order valence-electron chi connectivity index (χ0n) is 10.6. The summed E-state index contributed by atoms with van der Waals surface area (Å²) in [6, 6.07) is 8.58. The van der Waals surface area contributed by atoms with Gasteiger partial charge in [-0.2, -0.15) is 5.01 Å². The summed E-state index contributed by atoms with van der Waals surface area (Å²) in [5.41, 5.74) is 1.32. The zero-order chi connectivity index (χ0) is 12.6. The number of halogens is 1. The number of hydrazone groups is 1. The van der Waals surface area contributed by atoms with Crippen LogP contribution in [0.1, 0.15) is 18.5 Å². The van der Waals surface area contributed by atoms with Gasteiger partial charge in [0.25, 0.3) is 0 Å². The number of hydrogen-bond acceptors (Lipinski definition) is 2. The molecular weight excluding hydrogens is 252 g/mol. The first-order valence-electron chi connectivity index (χ1n) is 5.69. The van der Waals surface area contributed by atoms with E-state index in [4.69, 9.17) is 11.6 Å². The molecule has 0 bridgehead atoms. The van der Waals surface area contributed by atoms with Crippen LogP contribution in [0, 0.1) is 5.92 Å². The highest BCUT2D eigenvalue weighted by Crippen LogP contribution is 2.36. The highest BCUT2D eigenvalue weighted by molar-refractivity contribution is 8.13. The van der Waals surface area contributed by atoms with Crippen molar-refractivity contribution in [3.8, 4) is 0 Å². The van der Waals surface area contributed by atoms with Crippen LogP contribution in [0.2, 0.25) is 5.02 Å². The topological polar surface area (TPSA) is 6.25 Å². The Morgan fingerprint density at radius 2 is 1.88 bits per heavy atom. The van der Waals surface area contributed by atoms with E-state index in [1.807, 2.05) is 23.9 Å². The van der Waals surface area contributed by atoms with Gasteiger partial charge in [-0.15, -0.1) is 4.68 Å². The van der Waals surface area contributed by atoms with Crippen molar-refractivity contribution in [3.63, 3.8) is 0 Å². The average molecular weight is 270 g/mol. The molecule has 2 rings (SSSR count). The molecule has 1 aromatic carbocycles. The smallest absolute Gasteiger partial charge is 0.180 e. The van der Waals surface area contributed by atoms with Gasteiger partial charge in [0.1, 0.15) is 6.04 Å². The predicted molar refractivity (Wildman–Crippen MR) is 75.8 cm³/mol. The Bertz CT molecular complexity index is 441. The molecule has 0 N–H and O–H groups in total. The van der Waals surface area contributed by atoms with Crippen molar-refractivity contribution in [3.05, 3.63) is 34.9 Å². The molecule has 2 nitrogen and oxygen atoms in total. The number of rotatable bonds is 1. The minimum absolute atomic E-state index is 0.403. The van der Waals surface area contributed by atoms with Gasteiger partial charge in [0.15, 0.2) is 7.05 Å². The fraction of sp³-hybridized carbons (Fsp3) is 0.462. The van der Waals surface area contributed by atoms with Gasteiger partial charge >= 0.3 is 0 Å². The third-order valence-corrected chi connectivity index (χ3v) is 4.78. The molecule has 92 valence electrons. The molecule has 0 fully saturated rings. The van der Waals surface area contributed by atoms with Crippen molar-refractivity contribution in [2.75, 3.05) is 20.4 Å². The molecule has 2 atom stereocenters. The highest BCUT2D eigenvalue weighted by Gasteiger charge is 2.42. The lowest BCUT2D eigenvalue weighted by molar-refractivity contribution is -0.658. The van der Waals surface area contributed by atoms with Crippen molar-refractivity contribution < 1.29 is 4.68 Å². The van der Waals surface area contributed by atoms with Gasteiger partial charge in [-0.1, -0.05) is 35.5 Å². The van der Waals surface area contributed by atoms with E-state index in [1.54, 1.807) is 0 Å². The van der Waals surface area contributed by atoms with Crippen LogP contribution >= 0.6 is 23.4 Å². The van der Waals surface area contributed by atoms with E-state index in [2.05, 4.69) is 49.1 Å². The molecule has 2 unspecified atom stereocenters. The lowest BCUT2D eigenvalue weighted by atomic mass is 9.96. The summed E-state index contributed by atoms with van der Waals surface area (Å²) in [6.45, 7) is 2.28. The van der Waals surface area contributed by atoms with Gasteiger partial charge < -0.3 is 0 Å². The quantitative estimate of drug-likeness (QED) is 0.722. The second-order valence-corrected chi connectivity index (χ2v) is 5.69. The number of thioether (sulfide) groups is 1. The summed E-state index contributed by atoms with van der Waals surface area (Å²) in [7, 11) is 4.26. The maximum absolute atomic E-state index is 5.94. The Morgan fingerprint density at radius 3 is 2.35 bits per heavy atom. The first-order chi connectivity index (χ1) is 8.06. The third kappa shape index (κ3) is 2.18. The molecule has 4 heteroatoms. The Balaban J connectivity index is 2.33. The first kappa shape index (κ1) is 12.8.